The molecular weight excluding hydrogens is 338 g/mol. The number of aliphatic imine (C=N–C) groups is 1. The quantitative estimate of drug-likeness (QED) is 0.566. The number of nitrogens with zero attached hydrogens (tertiary/aromatic N) is 3. The molecule has 1 aromatic rings. The van der Waals surface area contributed by atoms with Gasteiger partial charge in [0.2, 0.25) is 5.91 Å². The van der Waals surface area contributed by atoms with E-state index in [4.69, 9.17) is 0 Å². The van der Waals surface area contributed by atoms with E-state index in [0.29, 0.717) is 6.04 Å². The molecular formula is C21H35N5O. The standard InChI is InChI=1S/C21H35N5O/c1-16(2)20(27)26-12-11-19(15-26)24-21(22-4)23-13-17(3)25(5)14-18-9-7-6-8-10-18/h6-10,16-17,19H,11-15H2,1-5H3,(H2,22,23,24). The molecule has 6 heteroatoms. The number of hydrogen-bond donors (Lipinski definition) is 2. The maximum Gasteiger partial charge on any atom is 0.225 e. The minimum atomic E-state index is 0.0576. The van der Waals surface area contributed by atoms with Crippen LogP contribution in [0.4, 0.5) is 0 Å². The molecule has 2 rings (SSSR count). The highest BCUT2D eigenvalue weighted by Crippen LogP contribution is 2.12. The normalized spacial score (nSPS) is 18.9. The molecule has 1 aliphatic rings. The number of guanidine groups is 1. The Morgan fingerprint density at radius 3 is 2.63 bits per heavy atom. The number of nitrogens with one attached hydrogen (secondary N) is 2. The van der Waals surface area contributed by atoms with Gasteiger partial charge in [-0.15, -0.1) is 0 Å². The number of benzene rings is 1. The van der Waals surface area contributed by atoms with Crippen LogP contribution in [0.5, 0.6) is 0 Å². The van der Waals surface area contributed by atoms with Crippen molar-refractivity contribution >= 4 is 11.9 Å². The monoisotopic (exact) mass is 373 g/mol. The van der Waals surface area contributed by atoms with Crippen LogP contribution in [-0.4, -0.2) is 67.5 Å². The van der Waals surface area contributed by atoms with E-state index >= 15 is 0 Å². The summed E-state index contributed by atoms with van der Waals surface area (Å²) in [5, 5.41) is 6.88. The molecule has 1 aromatic carbocycles. The molecule has 2 atom stereocenters. The van der Waals surface area contributed by atoms with Gasteiger partial charge in [0, 0.05) is 51.2 Å². The highest BCUT2D eigenvalue weighted by atomic mass is 16.2. The van der Waals surface area contributed by atoms with Crippen LogP contribution in [0.2, 0.25) is 0 Å². The first-order valence-electron chi connectivity index (χ1n) is 9.90. The Hall–Kier alpha value is -2.08. The molecule has 2 N–H and O–H groups in total. The Morgan fingerprint density at radius 1 is 1.30 bits per heavy atom. The summed E-state index contributed by atoms with van der Waals surface area (Å²) in [6.07, 6.45) is 0.961. The average Bonchev–Trinajstić information content (AvgIpc) is 3.13. The Morgan fingerprint density at radius 2 is 2.00 bits per heavy atom. The number of likely N-dealkylation sites (tertiary alicyclic amines) is 1. The van der Waals surface area contributed by atoms with Crippen molar-refractivity contribution < 1.29 is 4.79 Å². The van der Waals surface area contributed by atoms with E-state index in [0.717, 1.165) is 38.6 Å². The molecule has 1 saturated heterocycles. The van der Waals surface area contributed by atoms with Gasteiger partial charge in [0.25, 0.3) is 0 Å². The summed E-state index contributed by atoms with van der Waals surface area (Å²) >= 11 is 0. The van der Waals surface area contributed by atoms with E-state index in [1.165, 1.54) is 5.56 Å². The van der Waals surface area contributed by atoms with Crippen molar-refractivity contribution in [2.24, 2.45) is 10.9 Å². The van der Waals surface area contributed by atoms with Crippen LogP contribution in [0.15, 0.2) is 35.3 Å². The van der Waals surface area contributed by atoms with Gasteiger partial charge in [-0.3, -0.25) is 14.7 Å². The van der Waals surface area contributed by atoms with Crippen molar-refractivity contribution in [3.63, 3.8) is 0 Å². The molecule has 0 saturated carbocycles. The molecule has 2 unspecified atom stereocenters. The molecule has 150 valence electrons. The maximum atomic E-state index is 12.1. The van der Waals surface area contributed by atoms with Crippen molar-refractivity contribution in [1.29, 1.82) is 0 Å². The zero-order chi connectivity index (χ0) is 19.8. The van der Waals surface area contributed by atoms with E-state index in [9.17, 15) is 4.79 Å². The Kier molecular flexibility index (Phi) is 8.10. The van der Waals surface area contributed by atoms with Crippen LogP contribution in [0.25, 0.3) is 0 Å². The molecule has 0 aliphatic carbocycles. The minimum Gasteiger partial charge on any atom is -0.355 e. The lowest BCUT2D eigenvalue weighted by molar-refractivity contribution is -0.133. The number of likely N-dealkylation sites (N-methyl/N-ethyl adjacent to an activating group) is 1. The third-order valence-electron chi connectivity index (χ3n) is 5.15. The largest absolute Gasteiger partial charge is 0.355 e. The van der Waals surface area contributed by atoms with Gasteiger partial charge in [-0.2, -0.15) is 0 Å². The molecule has 1 heterocycles. The second-order valence-electron chi connectivity index (χ2n) is 7.77. The van der Waals surface area contributed by atoms with Gasteiger partial charge in [0.05, 0.1) is 0 Å². The second kappa shape index (κ2) is 10.3. The predicted octanol–water partition coefficient (Wildman–Crippen LogP) is 1.93. The fourth-order valence-corrected chi connectivity index (χ4v) is 3.26. The number of amides is 1. The third-order valence-corrected chi connectivity index (χ3v) is 5.15. The van der Waals surface area contributed by atoms with E-state index < -0.39 is 0 Å². The summed E-state index contributed by atoms with van der Waals surface area (Å²) in [7, 11) is 3.93. The third kappa shape index (κ3) is 6.54. The molecule has 1 aliphatic heterocycles. The van der Waals surface area contributed by atoms with Gasteiger partial charge in [-0.1, -0.05) is 44.2 Å². The van der Waals surface area contributed by atoms with E-state index in [2.05, 4.69) is 58.8 Å². The smallest absolute Gasteiger partial charge is 0.225 e. The van der Waals surface area contributed by atoms with Crippen molar-refractivity contribution in [3.05, 3.63) is 35.9 Å². The van der Waals surface area contributed by atoms with Gasteiger partial charge in [0.1, 0.15) is 0 Å². The summed E-state index contributed by atoms with van der Waals surface area (Å²) < 4.78 is 0. The predicted molar refractivity (Wildman–Crippen MR) is 112 cm³/mol. The number of rotatable bonds is 7. The summed E-state index contributed by atoms with van der Waals surface area (Å²) in [5.74, 6) is 1.10. The zero-order valence-corrected chi connectivity index (χ0v) is 17.4. The number of carbonyl (C=O) groups excluding carboxylic acids is 1. The SMILES string of the molecule is CN=C(NCC(C)N(C)Cc1ccccc1)NC1CCN(C(=O)C(C)C)C1. The lowest BCUT2D eigenvalue weighted by Crippen LogP contribution is -2.48. The zero-order valence-electron chi connectivity index (χ0n) is 17.4. The first kappa shape index (κ1) is 21.2. The van der Waals surface area contributed by atoms with Crippen LogP contribution in [0.1, 0.15) is 32.8 Å². The first-order valence-corrected chi connectivity index (χ1v) is 9.90. The summed E-state index contributed by atoms with van der Waals surface area (Å²) in [4.78, 5) is 20.8. The molecule has 1 amide bonds. The summed E-state index contributed by atoms with van der Waals surface area (Å²) in [6.45, 7) is 9.42. The van der Waals surface area contributed by atoms with E-state index in [-0.39, 0.29) is 17.9 Å². The summed E-state index contributed by atoms with van der Waals surface area (Å²) in [5.41, 5.74) is 1.32. The molecule has 1 fully saturated rings. The first-order chi connectivity index (χ1) is 12.9. The van der Waals surface area contributed by atoms with Crippen LogP contribution >= 0.6 is 0 Å². The van der Waals surface area contributed by atoms with E-state index in [1.807, 2.05) is 24.8 Å². The Balaban J connectivity index is 1.76. The van der Waals surface area contributed by atoms with Gasteiger partial charge < -0.3 is 15.5 Å². The highest BCUT2D eigenvalue weighted by Gasteiger charge is 2.28. The lowest BCUT2D eigenvalue weighted by Gasteiger charge is -2.26. The van der Waals surface area contributed by atoms with E-state index in [1.54, 1.807) is 7.05 Å². The minimum absolute atomic E-state index is 0.0576. The molecule has 0 spiro atoms. The lowest BCUT2D eigenvalue weighted by atomic mass is 10.2. The molecule has 27 heavy (non-hydrogen) atoms. The Bertz CT molecular complexity index is 616. The number of carbonyl (C=O) groups is 1. The average molecular weight is 374 g/mol. The maximum absolute atomic E-state index is 12.1. The van der Waals surface area contributed by atoms with Crippen LogP contribution in [0, 0.1) is 5.92 Å². The van der Waals surface area contributed by atoms with Gasteiger partial charge in [-0.05, 0) is 26.0 Å². The molecule has 6 nitrogen and oxygen atoms in total. The van der Waals surface area contributed by atoms with Crippen LogP contribution in [0.3, 0.4) is 0 Å². The second-order valence-corrected chi connectivity index (χ2v) is 7.77. The van der Waals surface area contributed by atoms with Crippen LogP contribution in [-0.2, 0) is 11.3 Å². The van der Waals surface area contributed by atoms with Crippen molar-refractivity contribution in [2.75, 3.05) is 33.7 Å². The van der Waals surface area contributed by atoms with Gasteiger partial charge in [-0.25, -0.2) is 0 Å². The highest BCUT2D eigenvalue weighted by molar-refractivity contribution is 5.81. The molecule has 0 aromatic heterocycles. The van der Waals surface area contributed by atoms with Crippen molar-refractivity contribution in [2.45, 2.75) is 45.8 Å². The molecule has 0 bridgehead atoms. The van der Waals surface area contributed by atoms with Crippen molar-refractivity contribution in [1.82, 2.24) is 20.4 Å². The fourth-order valence-electron chi connectivity index (χ4n) is 3.26. The topological polar surface area (TPSA) is 60.0 Å². The Labute approximate surface area is 164 Å². The van der Waals surface area contributed by atoms with Gasteiger partial charge in [0.15, 0.2) is 5.96 Å². The van der Waals surface area contributed by atoms with Gasteiger partial charge >= 0.3 is 0 Å². The molecule has 0 radical (unpaired) electrons. The summed E-state index contributed by atoms with van der Waals surface area (Å²) in [6, 6.07) is 11.1. The van der Waals surface area contributed by atoms with Crippen molar-refractivity contribution in [3.8, 4) is 0 Å². The fraction of sp³-hybridized carbons (Fsp3) is 0.619. The van der Waals surface area contributed by atoms with Crippen LogP contribution < -0.4 is 10.6 Å². The number of hydrogen-bond acceptors (Lipinski definition) is 3.